The van der Waals surface area contributed by atoms with E-state index in [4.69, 9.17) is 14.2 Å². The van der Waals surface area contributed by atoms with Gasteiger partial charge in [0.1, 0.15) is 5.75 Å². The number of anilines is 2. The van der Waals surface area contributed by atoms with E-state index >= 15 is 0 Å². The lowest BCUT2D eigenvalue weighted by molar-refractivity contribution is 0.235. The second kappa shape index (κ2) is 10.3. The van der Waals surface area contributed by atoms with Gasteiger partial charge in [0.15, 0.2) is 22.7 Å². The summed E-state index contributed by atoms with van der Waals surface area (Å²) in [5.74, 6) is 1.07. The van der Waals surface area contributed by atoms with Gasteiger partial charge in [-0.15, -0.1) is 0 Å². The number of fused-ring (bicyclic) bond motifs is 2. The number of aromatic amines is 1. The van der Waals surface area contributed by atoms with E-state index in [1.54, 1.807) is 37.4 Å². The van der Waals surface area contributed by atoms with Crippen molar-refractivity contribution in [2.75, 3.05) is 19.5 Å². The van der Waals surface area contributed by atoms with Gasteiger partial charge in [-0.25, -0.2) is 4.98 Å². The molecule has 0 amide bonds. The molecule has 5 aromatic rings. The van der Waals surface area contributed by atoms with Crippen molar-refractivity contribution in [1.29, 1.82) is 0 Å². The molecule has 2 aromatic carbocycles. The quantitative estimate of drug-likeness (QED) is 0.221. The van der Waals surface area contributed by atoms with Crippen LogP contribution in [0.25, 0.3) is 33.2 Å². The Morgan fingerprint density at radius 2 is 1.79 bits per heavy atom. The Labute approximate surface area is 224 Å². The van der Waals surface area contributed by atoms with E-state index in [1.165, 1.54) is 13.4 Å². The van der Waals surface area contributed by atoms with Gasteiger partial charge in [-0.3, -0.25) is 9.54 Å². The summed E-state index contributed by atoms with van der Waals surface area (Å²) in [5.41, 5.74) is 3.83. The van der Waals surface area contributed by atoms with Crippen molar-refractivity contribution in [3.8, 4) is 28.5 Å². The minimum absolute atomic E-state index is 0.111. The number of pyridine rings is 1. The first kappa shape index (κ1) is 26.1. The fourth-order valence-electron chi connectivity index (χ4n) is 4.16. The minimum atomic E-state index is -4.30. The number of aromatic nitrogens is 5. The standard InChI is InChI=1S/C26H26N6O6S/c1-14(2)38-25-23-24(28-13-27-23)31-26(32-25)30-16-6-7-20-19(10-16)18(11-17(29-20)12-39(33,34)35)15-5-8-21(36-3)22(9-15)37-4/h5-11,13-14H,12H2,1-4H3,(H,33,34,35)(H2,27,28,30,31,32). The molecule has 3 heterocycles. The van der Waals surface area contributed by atoms with Crippen LogP contribution >= 0.6 is 0 Å². The molecule has 0 saturated heterocycles. The van der Waals surface area contributed by atoms with Gasteiger partial charge in [0, 0.05) is 11.1 Å². The molecule has 0 atom stereocenters. The largest absolute Gasteiger partial charge is 0.493 e. The maximum Gasteiger partial charge on any atom is 0.270 e. The maximum atomic E-state index is 11.6. The lowest BCUT2D eigenvalue weighted by Crippen LogP contribution is -2.09. The monoisotopic (exact) mass is 550 g/mol. The van der Waals surface area contributed by atoms with Gasteiger partial charge in [-0.1, -0.05) is 6.07 Å². The highest BCUT2D eigenvalue weighted by atomic mass is 32.2. The van der Waals surface area contributed by atoms with E-state index in [1.807, 2.05) is 26.0 Å². The van der Waals surface area contributed by atoms with Crippen molar-refractivity contribution in [3.63, 3.8) is 0 Å². The highest BCUT2D eigenvalue weighted by Gasteiger charge is 2.17. The van der Waals surface area contributed by atoms with Crippen LogP contribution in [0.3, 0.4) is 0 Å². The van der Waals surface area contributed by atoms with Crippen molar-refractivity contribution < 1.29 is 27.2 Å². The van der Waals surface area contributed by atoms with Gasteiger partial charge in [-0.05, 0) is 61.4 Å². The lowest BCUT2D eigenvalue weighted by atomic mass is 9.99. The molecular weight excluding hydrogens is 524 g/mol. The van der Waals surface area contributed by atoms with Gasteiger partial charge < -0.3 is 24.5 Å². The number of rotatable bonds is 9. The summed E-state index contributed by atoms with van der Waals surface area (Å²) >= 11 is 0. The molecule has 13 heteroatoms. The molecule has 0 aliphatic heterocycles. The van der Waals surface area contributed by atoms with Gasteiger partial charge in [0.25, 0.3) is 10.1 Å². The van der Waals surface area contributed by atoms with Crippen molar-refractivity contribution in [2.45, 2.75) is 25.7 Å². The predicted molar refractivity (Wildman–Crippen MR) is 146 cm³/mol. The number of nitrogens with zero attached hydrogens (tertiary/aromatic N) is 4. The molecule has 0 radical (unpaired) electrons. The Morgan fingerprint density at radius 1 is 1.00 bits per heavy atom. The van der Waals surface area contributed by atoms with Crippen LogP contribution in [0.15, 0.2) is 48.8 Å². The Balaban J connectivity index is 1.62. The molecular formula is C26H26N6O6S. The zero-order chi connectivity index (χ0) is 27.7. The third-order valence-electron chi connectivity index (χ3n) is 5.74. The van der Waals surface area contributed by atoms with Crippen molar-refractivity contribution in [1.82, 2.24) is 24.9 Å². The highest BCUT2D eigenvalue weighted by Crippen LogP contribution is 2.37. The van der Waals surface area contributed by atoms with Crippen LogP contribution in [0.1, 0.15) is 19.5 Å². The zero-order valence-electron chi connectivity index (χ0n) is 21.6. The number of H-pyrrole nitrogens is 1. The maximum absolute atomic E-state index is 11.6. The second-order valence-corrected chi connectivity index (χ2v) is 10.4. The topological polar surface area (TPSA) is 161 Å². The van der Waals surface area contributed by atoms with Gasteiger partial charge in [0.05, 0.1) is 37.9 Å². The summed E-state index contributed by atoms with van der Waals surface area (Å²) in [6, 6.07) is 12.4. The van der Waals surface area contributed by atoms with Gasteiger partial charge in [-0.2, -0.15) is 18.4 Å². The van der Waals surface area contributed by atoms with E-state index in [0.29, 0.717) is 56.6 Å². The minimum Gasteiger partial charge on any atom is -0.493 e. The molecule has 0 saturated carbocycles. The van der Waals surface area contributed by atoms with E-state index in [0.717, 1.165) is 5.56 Å². The number of nitrogens with one attached hydrogen (secondary N) is 2. The predicted octanol–water partition coefficient (Wildman–Crippen LogP) is 4.50. The first-order chi connectivity index (χ1) is 18.6. The third-order valence-corrected chi connectivity index (χ3v) is 6.40. The molecule has 202 valence electrons. The van der Waals surface area contributed by atoms with Gasteiger partial charge >= 0.3 is 0 Å². The number of hydrogen-bond acceptors (Lipinski definition) is 10. The number of imidazole rings is 1. The molecule has 5 rings (SSSR count). The summed E-state index contributed by atoms with van der Waals surface area (Å²) in [7, 11) is -1.22. The molecule has 0 aliphatic carbocycles. The molecule has 0 spiro atoms. The fourth-order valence-corrected chi connectivity index (χ4v) is 4.68. The van der Waals surface area contributed by atoms with E-state index in [2.05, 4.69) is 30.2 Å². The smallest absolute Gasteiger partial charge is 0.270 e. The number of hydrogen-bond donors (Lipinski definition) is 3. The average Bonchev–Trinajstić information content (AvgIpc) is 3.36. The van der Waals surface area contributed by atoms with Crippen LogP contribution in [0.2, 0.25) is 0 Å². The molecule has 0 unspecified atom stereocenters. The molecule has 0 fully saturated rings. The third kappa shape index (κ3) is 5.68. The second-order valence-electron chi connectivity index (χ2n) is 8.93. The SMILES string of the molecule is COc1ccc(-c2cc(CS(=O)(=O)O)nc3ccc(Nc4nc(OC(C)C)c5nc[nH]c5n4)cc23)cc1OC. The number of benzene rings is 2. The first-order valence-electron chi connectivity index (χ1n) is 11.9. The molecule has 39 heavy (non-hydrogen) atoms. The number of ether oxygens (including phenoxy) is 3. The highest BCUT2D eigenvalue weighted by molar-refractivity contribution is 7.85. The van der Waals surface area contributed by atoms with Crippen molar-refractivity contribution >= 4 is 43.8 Å². The van der Waals surface area contributed by atoms with Gasteiger partial charge in [0.2, 0.25) is 11.8 Å². The van der Waals surface area contributed by atoms with Crippen LogP contribution < -0.4 is 19.5 Å². The Kier molecular flexibility index (Phi) is 6.93. The van der Waals surface area contributed by atoms with E-state index in [-0.39, 0.29) is 11.8 Å². The molecule has 3 N–H and O–H groups in total. The molecule has 0 bridgehead atoms. The van der Waals surface area contributed by atoms with Crippen LogP contribution in [0, 0.1) is 0 Å². The Hall–Kier alpha value is -4.49. The van der Waals surface area contributed by atoms with Crippen LogP contribution in [-0.2, 0) is 15.9 Å². The Morgan fingerprint density at radius 3 is 2.51 bits per heavy atom. The summed E-state index contributed by atoms with van der Waals surface area (Å²) in [6.07, 6.45) is 1.41. The van der Waals surface area contributed by atoms with Crippen LogP contribution in [0.5, 0.6) is 17.4 Å². The zero-order valence-corrected chi connectivity index (χ0v) is 22.4. The summed E-state index contributed by atoms with van der Waals surface area (Å²) < 4.78 is 49.4. The normalized spacial score (nSPS) is 11.7. The lowest BCUT2D eigenvalue weighted by Gasteiger charge is -2.14. The van der Waals surface area contributed by atoms with Crippen LogP contribution in [-0.4, -0.2) is 58.2 Å². The molecule has 0 aliphatic rings. The average molecular weight is 551 g/mol. The Bertz CT molecular complexity index is 1790. The number of methoxy groups -OCH3 is 2. The first-order valence-corrected chi connectivity index (χ1v) is 13.5. The van der Waals surface area contributed by atoms with E-state index < -0.39 is 15.9 Å². The van der Waals surface area contributed by atoms with Crippen LogP contribution in [0.4, 0.5) is 11.6 Å². The fraction of sp³-hybridized carbons (Fsp3) is 0.231. The summed E-state index contributed by atoms with van der Waals surface area (Å²) in [6.45, 7) is 3.80. The summed E-state index contributed by atoms with van der Waals surface area (Å²) in [5, 5.41) is 3.92. The van der Waals surface area contributed by atoms with Crippen molar-refractivity contribution in [2.24, 2.45) is 0 Å². The molecule has 12 nitrogen and oxygen atoms in total. The van der Waals surface area contributed by atoms with E-state index in [9.17, 15) is 13.0 Å². The molecule has 3 aromatic heterocycles. The van der Waals surface area contributed by atoms with Crippen molar-refractivity contribution in [3.05, 3.63) is 54.5 Å². The summed E-state index contributed by atoms with van der Waals surface area (Å²) in [4.78, 5) is 20.7.